The third-order valence-corrected chi connectivity index (χ3v) is 11.8. The van der Waals surface area contributed by atoms with Crippen LogP contribution in [-0.2, 0) is 18.8 Å². The molecule has 1 heterocycles. The second kappa shape index (κ2) is 24.5. The van der Waals surface area contributed by atoms with Crippen LogP contribution in [0.25, 0.3) is 0 Å². The molecule has 8 nitrogen and oxygen atoms in total. The van der Waals surface area contributed by atoms with Gasteiger partial charge in [-0.25, -0.2) is 13.6 Å². The molecule has 53 heavy (non-hydrogen) atoms. The predicted molar refractivity (Wildman–Crippen MR) is 207 cm³/mol. The van der Waals surface area contributed by atoms with E-state index in [2.05, 4.69) is 28.5 Å². The van der Waals surface area contributed by atoms with Crippen molar-refractivity contribution in [2.75, 3.05) is 0 Å². The van der Waals surface area contributed by atoms with Gasteiger partial charge in [-0.3, -0.25) is 4.79 Å². The summed E-state index contributed by atoms with van der Waals surface area (Å²) in [4.78, 5) is 24.1. The van der Waals surface area contributed by atoms with Crippen molar-refractivity contribution in [1.29, 1.82) is 0 Å². The van der Waals surface area contributed by atoms with Crippen LogP contribution in [0.15, 0.2) is 42.5 Å². The molecular weight excluding hydrogens is 701 g/mol. The molecule has 0 amide bonds. The highest BCUT2D eigenvalue weighted by atomic mass is 31.0. The van der Waals surface area contributed by atoms with E-state index >= 15 is 0 Å². The molecule has 3 aliphatic rings. The van der Waals surface area contributed by atoms with Crippen LogP contribution < -0.4 is 0 Å². The molecule has 0 spiro atoms. The molecule has 11 unspecified atom stereocenters. The van der Waals surface area contributed by atoms with Crippen molar-refractivity contribution in [3.05, 3.63) is 48.0 Å². The number of aliphatic hydroxyl groups is 3. The molecule has 3 fully saturated rings. The molecule has 1 aromatic rings. The lowest BCUT2D eigenvalue weighted by Gasteiger charge is -2.25. The Labute approximate surface area is 319 Å². The minimum Gasteiger partial charge on any atom is -0.462 e. The van der Waals surface area contributed by atoms with Gasteiger partial charge in [-0.05, 0) is 75.3 Å². The smallest absolute Gasteiger partial charge is 0.338 e. The van der Waals surface area contributed by atoms with Crippen LogP contribution >= 0.6 is 9.47 Å². The molecule has 0 bridgehead atoms. The zero-order valence-corrected chi connectivity index (χ0v) is 33.4. The highest BCUT2D eigenvalue weighted by Crippen LogP contribution is 2.45. The molecule has 302 valence electrons. The summed E-state index contributed by atoms with van der Waals surface area (Å²) in [5.41, 5.74) is 0.471. The molecular formula is C42H67F2O8P. The van der Waals surface area contributed by atoms with Crippen molar-refractivity contribution >= 4 is 21.4 Å². The fraction of sp³-hybridized carbons (Fsp3) is 0.762. The Morgan fingerprint density at radius 2 is 1.47 bits per heavy atom. The molecule has 1 aromatic carbocycles. The van der Waals surface area contributed by atoms with E-state index in [9.17, 15) is 33.7 Å². The molecule has 4 rings (SSSR count). The van der Waals surface area contributed by atoms with Crippen LogP contribution in [0, 0.1) is 23.7 Å². The van der Waals surface area contributed by atoms with Crippen molar-refractivity contribution in [3.8, 4) is 0 Å². The summed E-state index contributed by atoms with van der Waals surface area (Å²) < 4.78 is 44.7. The van der Waals surface area contributed by atoms with E-state index in [1.54, 1.807) is 24.3 Å². The maximum Gasteiger partial charge on any atom is 0.338 e. The van der Waals surface area contributed by atoms with E-state index in [4.69, 9.17) is 14.0 Å². The van der Waals surface area contributed by atoms with Crippen molar-refractivity contribution in [1.82, 2.24) is 0 Å². The summed E-state index contributed by atoms with van der Waals surface area (Å²) in [6.07, 6.45) is 10.7. The number of alkyl halides is 2. The highest BCUT2D eigenvalue weighted by molar-refractivity contribution is 7.09. The van der Waals surface area contributed by atoms with Gasteiger partial charge in [-0.2, -0.15) is 0 Å². The Morgan fingerprint density at radius 1 is 0.868 bits per heavy atom. The number of carbonyl (C=O) groups excluding carboxylic acids is 2. The lowest BCUT2D eigenvalue weighted by Crippen LogP contribution is -2.29. The van der Waals surface area contributed by atoms with Gasteiger partial charge in [0, 0.05) is 34.1 Å². The lowest BCUT2D eigenvalue weighted by atomic mass is 9.85. The molecule has 3 N–H and O–H groups in total. The number of hydrogen-bond donors (Lipinski definition) is 3. The largest absolute Gasteiger partial charge is 0.462 e. The van der Waals surface area contributed by atoms with Crippen LogP contribution in [0.4, 0.5) is 8.78 Å². The molecule has 1 aliphatic heterocycles. The number of rotatable bonds is 22. The monoisotopic (exact) mass is 768 g/mol. The second-order valence-corrected chi connectivity index (χ2v) is 15.6. The Hall–Kier alpha value is -1.97. The molecule has 2 aliphatic carbocycles. The highest BCUT2D eigenvalue weighted by Gasteiger charge is 2.51. The summed E-state index contributed by atoms with van der Waals surface area (Å²) in [5.74, 6) is -0.506. The van der Waals surface area contributed by atoms with Gasteiger partial charge in [-0.1, -0.05) is 89.6 Å². The Morgan fingerprint density at radius 3 is 2.06 bits per heavy atom. The van der Waals surface area contributed by atoms with Gasteiger partial charge in [0.2, 0.25) is 0 Å². The third-order valence-electron chi connectivity index (χ3n) is 11.5. The van der Waals surface area contributed by atoms with E-state index in [-0.39, 0.29) is 54.4 Å². The first-order valence-electron chi connectivity index (χ1n) is 20.3. The number of aliphatic hydroxyl groups excluding tert-OH is 3. The van der Waals surface area contributed by atoms with Gasteiger partial charge in [0.1, 0.15) is 24.6 Å². The van der Waals surface area contributed by atoms with Crippen molar-refractivity contribution in [3.63, 3.8) is 0 Å². The van der Waals surface area contributed by atoms with Crippen LogP contribution in [0.3, 0.4) is 0 Å². The fourth-order valence-corrected chi connectivity index (χ4v) is 8.59. The minimum atomic E-state index is -1.25. The van der Waals surface area contributed by atoms with Crippen molar-refractivity contribution < 1.29 is 47.7 Å². The SMILES string of the molecule is CCCC/C=C\CC1C(O)CC(OP)[C@@H]1CCC(O)C(F)CCCC.CCCCC(F)C(O)CC[C@H]1C(OC(=O)c2ccccc2)CC2OC(=O)CC21. The van der Waals surface area contributed by atoms with Crippen LogP contribution in [0.2, 0.25) is 0 Å². The van der Waals surface area contributed by atoms with Gasteiger partial charge < -0.3 is 29.3 Å². The van der Waals surface area contributed by atoms with E-state index in [1.807, 2.05) is 19.9 Å². The van der Waals surface area contributed by atoms with Gasteiger partial charge in [0.25, 0.3) is 0 Å². The Balaban J connectivity index is 0.000000288. The predicted octanol–water partition coefficient (Wildman–Crippen LogP) is 8.80. The normalized spacial score (nSPS) is 28.9. The number of ether oxygens (including phenoxy) is 2. The quantitative estimate of drug-likeness (QED) is 0.0463. The number of benzene rings is 1. The molecule has 0 aromatic heterocycles. The summed E-state index contributed by atoms with van der Waals surface area (Å²) >= 11 is 0. The summed E-state index contributed by atoms with van der Waals surface area (Å²) in [6, 6.07) is 8.75. The van der Waals surface area contributed by atoms with Gasteiger partial charge in [-0.15, -0.1) is 0 Å². The number of fused-ring (bicyclic) bond motifs is 1. The molecule has 11 heteroatoms. The summed E-state index contributed by atoms with van der Waals surface area (Å²) in [5, 5.41) is 30.6. The average Bonchev–Trinajstić information content (AvgIpc) is 3.79. The first-order valence-corrected chi connectivity index (χ1v) is 20.8. The Bertz CT molecular complexity index is 1210. The zero-order valence-electron chi connectivity index (χ0n) is 32.2. The molecule has 0 radical (unpaired) electrons. The molecule has 13 atom stereocenters. The number of hydrogen-bond acceptors (Lipinski definition) is 8. The Kier molecular flexibility index (Phi) is 21.0. The van der Waals surface area contributed by atoms with Gasteiger partial charge in [0.15, 0.2) is 0 Å². The first-order chi connectivity index (χ1) is 25.5. The lowest BCUT2D eigenvalue weighted by molar-refractivity contribution is -0.141. The first kappa shape index (κ1) is 45.4. The number of esters is 2. The van der Waals surface area contributed by atoms with Gasteiger partial charge >= 0.3 is 11.9 Å². The number of unbranched alkanes of at least 4 members (excludes halogenated alkanes) is 4. The van der Waals surface area contributed by atoms with E-state index in [1.165, 1.54) is 12.8 Å². The average molecular weight is 769 g/mol. The van der Waals surface area contributed by atoms with Crippen molar-refractivity contribution in [2.45, 2.75) is 179 Å². The minimum absolute atomic E-state index is 0.0325. The summed E-state index contributed by atoms with van der Waals surface area (Å²) in [6.45, 7) is 6.19. The van der Waals surface area contributed by atoms with Crippen LogP contribution in [-0.4, -0.2) is 76.2 Å². The zero-order chi connectivity index (χ0) is 38.8. The number of carbonyl (C=O) groups is 2. The number of allylic oxidation sites excluding steroid dienone is 2. The van der Waals surface area contributed by atoms with Gasteiger partial charge in [0.05, 0.1) is 36.4 Å². The topological polar surface area (TPSA) is 123 Å². The number of halogens is 2. The molecule has 2 saturated carbocycles. The second-order valence-electron chi connectivity index (χ2n) is 15.4. The van der Waals surface area contributed by atoms with Crippen LogP contribution in [0.5, 0.6) is 0 Å². The summed E-state index contributed by atoms with van der Waals surface area (Å²) in [7, 11) is 2.30. The molecule has 1 saturated heterocycles. The maximum atomic E-state index is 14.1. The third kappa shape index (κ3) is 14.6. The van der Waals surface area contributed by atoms with Crippen molar-refractivity contribution in [2.24, 2.45) is 23.7 Å². The van der Waals surface area contributed by atoms with E-state index in [0.717, 1.165) is 38.5 Å². The van der Waals surface area contributed by atoms with Crippen LogP contribution in [0.1, 0.15) is 140 Å². The van der Waals surface area contributed by atoms with E-state index < -0.39 is 36.6 Å². The maximum absolute atomic E-state index is 14.1. The fourth-order valence-electron chi connectivity index (χ4n) is 8.27. The van der Waals surface area contributed by atoms with E-state index in [0.29, 0.717) is 56.9 Å². The standard InChI is InChI=1S/C22H29FO5.C20H38FO3P/c1-2-3-9-17(23)18(24)11-10-15-16-12-21(25)27-20(16)13-19(15)28-22(26)14-7-5-4-6-8-14;1-3-5-7-8-9-10-15-16(20(24-25)14-19(15)23)12-13-18(22)17(21)11-6-4-2/h4-8,15-20,24H,2-3,9-13H2,1H3;8-9,15-20,22-23H,3-7,10-14,25H2,1-2H3/b;9-8-/t15-,16?,17?,18?,19?,20?;15?,16-,17?,18?,19?,20?/m11/s1.